The first kappa shape index (κ1) is 26.7. The predicted molar refractivity (Wildman–Crippen MR) is 144 cm³/mol. The Labute approximate surface area is 219 Å². The molecule has 194 valence electrons. The van der Waals surface area contributed by atoms with Crippen molar-refractivity contribution in [1.29, 1.82) is 0 Å². The number of fused-ring (bicyclic) bond motifs is 1. The van der Waals surface area contributed by atoms with E-state index < -0.39 is 5.97 Å². The summed E-state index contributed by atoms with van der Waals surface area (Å²) in [6, 6.07) is 2.48. The molecule has 0 radical (unpaired) electrons. The van der Waals surface area contributed by atoms with Crippen molar-refractivity contribution >= 4 is 23.9 Å². The maximum absolute atomic E-state index is 12.0. The minimum Gasteiger partial charge on any atom is -0.492 e. The summed E-state index contributed by atoms with van der Waals surface area (Å²) >= 11 is 6.73. The highest BCUT2D eigenvalue weighted by Gasteiger charge is 2.28. The highest BCUT2D eigenvalue weighted by atomic mass is 35.5. The molecule has 1 saturated carbocycles. The van der Waals surface area contributed by atoms with Crippen molar-refractivity contribution in [2.24, 2.45) is 0 Å². The van der Waals surface area contributed by atoms with E-state index in [1.807, 2.05) is 13.0 Å². The largest absolute Gasteiger partial charge is 0.492 e. The van der Waals surface area contributed by atoms with Crippen LogP contribution in [0.2, 0.25) is 5.02 Å². The lowest BCUT2D eigenvalue weighted by molar-refractivity contribution is -0.136. The van der Waals surface area contributed by atoms with Crippen LogP contribution in [-0.4, -0.2) is 42.0 Å². The van der Waals surface area contributed by atoms with Crippen molar-refractivity contribution in [2.45, 2.75) is 91.1 Å². The number of aldehydes is 1. The van der Waals surface area contributed by atoms with Gasteiger partial charge < -0.3 is 14.6 Å². The summed E-state index contributed by atoms with van der Waals surface area (Å²) in [6.07, 6.45) is 9.15. The van der Waals surface area contributed by atoms with Gasteiger partial charge in [-0.05, 0) is 110 Å². The Kier molecular flexibility index (Phi) is 8.41. The fourth-order valence-corrected chi connectivity index (χ4v) is 6.61. The molecule has 1 aliphatic carbocycles. The molecule has 0 aromatic heterocycles. The monoisotopic (exact) mass is 511 g/mol. The molecular formula is C30H38ClNO4. The highest BCUT2D eigenvalue weighted by molar-refractivity contribution is 6.32. The Bertz CT molecular complexity index is 1170. The average molecular weight is 512 g/mol. The van der Waals surface area contributed by atoms with Gasteiger partial charge in [0.25, 0.3) is 0 Å². The van der Waals surface area contributed by atoms with Crippen molar-refractivity contribution in [3.63, 3.8) is 0 Å². The molecule has 0 atom stereocenters. The van der Waals surface area contributed by atoms with E-state index in [0.717, 1.165) is 81.5 Å². The number of carboxylic acids is 1. The molecule has 1 N–H and O–H groups in total. The number of benzene rings is 2. The molecule has 2 aromatic carbocycles. The van der Waals surface area contributed by atoms with Gasteiger partial charge in [0, 0.05) is 19.0 Å². The van der Waals surface area contributed by atoms with Gasteiger partial charge in [-0.1, -0.05) is 30.9 Å². The second-order valence-electron chi connectivity index (χ2n) is 10.5. The minimum atomic E-state index is -0.882. The normalized spacial score (nSPS) is 16.1. The van der Waals surface area contributed by atoms with Crippen molar-refractivity contribution in [3.05, 3.63) is 50.0 Å². The summed E-state index contributed by atoms with van der Waals surface area (Å²) in [5, 5.41) is 10.4. The number of rotatable bonds is 8. The van der Waals surface area contributed by atoms with Crippen molar-refractivity contribution < 1.29 is 19.4 Å². The lowest BCUT2D eigenvalue weighted by Crippen LogP contribution is -2.33. The van der Waals surface area contributed by atoms with Crippen molar-refractivity contribution in [2.75, 3.05) is 13.7 Å². The van der Waals surface area contributed by atoms with Crippen LogP contribution in [0.4, 0.5) is 0 Å². The van der Waals surface area contributed by atoms with Crippen LogP contribution in [0.15, 0.2) is 6.07 Å². The van der Waals surface area contributed by atoms with E-state index in [0.29, 0.717) is 17.7 Å². The summed E-state index contributed by atoms with van der Waals surface area (Å²) in [7, 11) is 2.18. The lowest BCUT2D eigenvalue weighted by Gasteiger charge is -2.33. The summed E-state index contributed by atoms with van der Waals surface area (Å²) in [6.45, 7) is 7.55. The number of ether oxygens (including phenoxy) is 1. The molecule has 6 heteroatoms. The molecule has 36 heavy (non-hydrogen) atoms. The maximum Gasteiger partial charge on any atom is 0.307 e. The van der Waals surface area contributed by atoms with Gasteiger partial charge in [-0.25, -0.2) is 0 Å². The molecule has 4 rings (SSSR count). The van der Waals surface area contributed by atoms with Crippen LogP contribution >= 0.6 is 11.6 Å². The number of hydrogen-bond acceptors (Lipinski definition) is 4. The van der Waals surface area contributed by atoms with Gasteiger partial charge in [-0.15, -0.1) is 0 Å². The van der Waals surface area contributed by atoms with Gasteiger partial charge in [-0.2, -0.15) is 0 Å². The molecule has 5 nitrogen and oxygen atoms in total. The van der Waals surface area contributed by atoms with E-state index in [1.165, 1.54) is 32.1 Å². The van der Waals surface area contributed by atoms with Crippen molar-refractivity contribution in [1.82, 2.24) is 4.90 Å². The summed E-state index contributed by atoms with van der Waals surface area (Å²) < 4.78 is 5.90. The van der Waals surface area contributed by atoms with Crippen LogP contribution in [0, 0.1) is 20.8 Å². The van der Waals surface area contributed by atoms with E-state index in [-0.39, 0.29) is 12.8 Å². The molecule has 0 amide bonds. The van der Waals surface area contributed by atoms with Crippen LogP contribution < -0.4 is 4.74 Å². The molecular weight excluding hydrogens is 474 g/mol. The second-order valence-corrected chi connectivity index (χ2v) is 10.9. The second kappa shape index (κ2) is 11.4. The number of carbonyl (C=O) groups is 2. The average Bonchev–Trinajstić information content (AvgIpc) is 2.87. The van der Waals surface area contributed by atoms with Crippen LogP contribution in [0.1, 0.15) is 77.5 Å². The molecule has 0 saturated heterocycles. The SMILES string of the molecule is Cc1c(-c2c(C)c(CN(C)C3CCCCC3)c(CC=O)c(C)c2CC(=O)O)cc(Cl)c2c1CCCO2. The van der Waals surface area contributed by atoms with Crippen LogP contribution in [-0.2, 0) is 35.4 Å². The Morgan fingerprint density at radius 2 is 1.81 bits per heavy atom. The van der Waals surface area contributed by atoms with Gasteiger partial charge in [0.05, 0.1) is 18.1 Å². The molecule has 2 aliphatic rings. The Morgan fingerprint density at radius 3 is 2.47 bits per heavy atom. The number of aliphatic carboxylic acids is 1. The Balaban J connectivity index is 1.94. The maximum atomic E-state index is 12.0. The molecule has 1 aliphatic heterocycles. The Hall–Kier alpha value is -2.37. The fraction of sp³-hybridized carbons (Fsp3) is 0.533. The van der Waals surface area contributed by atoms with E-state index >= 15 is 0 Å². The quantitative estimate of drug-likeness (QED) is 0.416. The zero-order valence-electron chi connectivity index (χ0n) is 22.0. The molecule has 2 aromatic rings. The minimum absolute atomic E-state index is 0.0999. The standard InChI is InChI=1S/C30H38ClNO4/c1-18-22(12-13-33)26(17-32(4)21-9-6-5-7-10-21)20(3)29(25(18)16-28(34)35)24-15-27(31)30-23(19(24)2)11-8-14-36-30/h13,15,21H,5-12,14,16-17H2,1-4H3,(H,34,35). The van der Waals surface area contributed by atoms with Gasteiger partial charge in [0.15, 0.2) is 0 Å². The van der Waals surface area contributed by atoms with Crippen LogP contribution in [0.3, 0.4) is 0 Å². The smallest absolute Gasteiger partial charge is 0.307 e. The number of nitrogens with zero attached hydrogens (tertiary/aromatic N) is 1. The zero-order chi connectivity index (χ0) is 26.0. The highest BCUT2D eigenvalue weighted by Crippen LogP contribution is 2.44. The molecule has 1 fully saturated rings. The van der Waals surface area contributed by atoms with E-state index in [9.17, 15) is 14.7 Å². The summed E-state index contributed by atoms with van der Waals surface area (Å²) in [5.41, 5.74) is 8.96. The van der Waals surface area contributed by atoms with E-state index in [1.54, 1.807) is 0 Å². The van der Waals surface area contributed by atoms with Crippen molar-refractivity contribution in [3.8, 4) is 16.9 Å². The van der Waals surface area contributed by atoms with Crippen LogP contribution in [0.5, 0.6) is 5.75 Å². The fourth-order valence-electron chi connectivity index (χ4n) is 6.33. The first-order valence-electron chi connectivity index (χ1n) is 13.2. The number of hydrogen-bond donors (Lipinski definition) is 1. The summed E-state index contributed by atoms with van der Waals surface area (Å²) in [4.78, 5) is 26.2. The number of halogens is 1. The third-order valence-corrected chi connectivity index (χ3v) is 8.61. The number of carbonyl (C=O) groups excluding carboxylic acids is 1. The lowest BCUT2D eigenvalue weighted by atomic mass is 9.80. The van der Waals surface area contributed by atoms with E-state index in [2.05, 4.69) is 25.8 Å². The first-order chi connectivity index (χ1) is 17.2. The van der Waals surface area contributed by atoms with Crippen LogP contribution in [0.25, 0.3) is 11.1 Å². The third-order valence-electron chi connectivity index (χ3n) is 8.33. The van der Waals surface area contributed by atoms with Gasteiger partial charge in [0.1, 0.15) is 12.0 Å². The number of carboxylic acid groups (broad SMARTS) is 1. The molecule has 0 spiro atoms. The zero-order valence-corrected chi connectivity index (χ0v) is 22.8. The van der Waals surface area contributed by atoms with Gasteiger partial charge in [-0.3, -0.25) is 9.69 Å². The van der Waals surface area contributed by atoms with E-state index in [4.69, 9.17) is 16.3 Å². The topological polar surface area (TPSA) is 66.8 Å². The predicted octanol–water partition coefficient (Wildman–Crippen LogP) is 6.39. The molecule has 1 heterocycles. The molecule has 0 unspecified atom stereocenters. The third kappa shape index (κ3) is 5.19. The molecule has 0 bridgehead atoms. The van der Waals surface area contributed by atoms with Gasteiger partial charge in [0.2, 0.25) is 0 Å². The van der Waals surface area contributed by atoms with Gasteiger partial charge >= 0.3 is 5.97 Å². The summed E-state index contributed by atoms with van der Waals surface area (Å²) in [5.74, 6) is -0.124. The first-order valence-corrected chi connectivity index (χ1v) is 13.6. The Morgan fingerprint density at radius 1 is 1.08 bits per heavy atom.